The summed E-state index contributed by atoms with van der Waals surface area (Å²) < 4.78 is 4.58. The summed E-state index contributed by atoms with van der Waals surface area (Å²) >= 11 is 0. The van der Waals surface area contributed by atoms with Crippen molar-refractivity contribution in [1.82, 2.24) is 15.5 Å². The normalized spacial score (nSPS) is 15.1. The first-order valence-corrected chi connectivity index (χ1v) is 6.02. The van der Waals surface area contributed by atoms with Crippen LogP contribution in [-0.4, -0.2) is 49.4 Å². The molecule has 7 nitrogen and oxygen atoms in total. The number of rotatable bonds is 3. The molecule has 1 fully saturated rings. The van der Waals surface area contributed by atoms with Crippen molar-refractivity contribution in [1.29, 1.82) is 0 Å². The SMILES string of the molecule is O=C(NCC(=O)N1CCNCC1)c1ccc(=O)oc1. The average molecular weight is 265 g/mol. The third kappa shape index (κ3) is 3.65. The summed E-state index contributed by atoms with van der Waals surface area (Å²) in [6.45, 7) is 2.77. The van der Waals surface area contributed by atoms with Crippen molar-refractivity contribution < 1.29 is 14.0 Å². The maximum absolute atomic E-state index is 11.8. The number of nitrogens with zero attached hydrogens (tertiary/aromatic N) is 1. The number of piperazine rings is 1. The topological polar surface area (TPSA) is 91.7 Å². The summed E-state index contributed by atoms with van der Waals surface area (Å²) in [6, 6.07) is 2.52. The highest BCUT2D eigenvalue weighted by molar-refractivity contribution is 5.96. The van der Waals surface area contributed by atoms with E-state index in [4.69, 9.17) is 0 Å². The number of nitrogens with one attached hydrogen (secondary N) is 2. The molecule has 2 N–H and O–H groups in total. The Hall–Kier alpha value is -2.15. The van der Waals surface area contributed by atoms with E-state index in [2.05, 4.69) is 15.1 Å². The summed E-state index contributed by atoms with van der Waals surface area (Å²) in [7, 11) is 0. The van der Waals surface area contributed by atoms with Gasteiger partial charge in [-0.25, -0.2) is 4.79 Å². The first-order chi connectivity index (χ1) is 9.16. The molecular weight excluding hydrogens is 250 g/mol. The third-order valence-corrected chi connectivity index (χ3v) is 2.83. The molecule has 1 aromatic heterocycles. The molecule has 1 aliphatic rings. The fraction of sp³-hybridized carbons (Fsp3) is 0.417. The summed E-state index contributed by atoms with van der Waals surface area (Å²) in [5.74, 6) is -0.556. The molecule has 0 atom stereocenters. The van der Waals surface area contributed by atoms with Crippen LogP contribution in [0.15, 0.2) is 27.6 Å². The minimum Gasteiger partial charge on any atom is -0.430 e. The van der Waals surface area contributed by atoms with E-state index in [-0.39, 0.29) is 18.0 Å². The second-order valence-electron chi connectivity index (χ2n) is 4.16. The number of hydrogen-bond acceptors (Lipinski definition) is 5. The molecular formula is C12H15N3O4. The monoisotopic (exact) mass is 265 g/mol. The molecule has 7 heteroatoms. The van der Waals surface area contributed by atoms with Crippen LogP contribution >= 0.6 is 0 Å². The standard InChI is InChI=1S/C12H15N3O4/c16-10(15-5-3-13-4-6-15)7-14-12(18)9-1-2-11(17)19-8-9/h1-2,8,13H,3-7H2,(H,14,18). The summed E-state index contributed by atoms with van der Waals surface area (Å²) in [6.07, 6.45) is 1.08. The van der Waals surface area contributed by atoms with Gasteiger partial charge in [0.2, 0.25) is 5.91 Å². The third-order valence-electron chi connectivity index (χ3n) is 2.83. The smallest absolute Gasteiger partial charge is 0.335 e. The predicted molar refractivity (Wildman–Crippen MR) is 66.8 cm³/mol. The van der Waals surface area contributed by atoms with Crippen molar-refractivity contribution in [2.24, 2.45) is 0 Å². The van der Waals surface area contributed by atoms with Crippen molar-refractivity contribution >= 4 is 11.8 Å². The van der Waals surface area contributed by atoms with Crippen LogP contribution in [0.5, 0.6) is 0 Å². The van der Waals surface area contributed by atoms with Gasteiger partial charge in [-0.3, -0.25) is 9.59 Å². The maximum Gasteiger partial charge on any atom is 0.335 e. The van der Waals surface area contributed by atoms with Gasteiger partial charge in [-0.05, 0) is 6.07 Å². The quantitative estimate of drug-likeness (QED) is 0.716. The second-order valence-corrected chi connectivity index (χ2v) is 4.16. The largest absolute Gasteiger partial charge is 0.430 e. The molecule has 102 valence electrons. The highest BCUT2D eigenvalue weighted by Gasteiger charge is 2.17. The Kier molecular flexibility index (Phi) is 4.30. The lowest BCUT2D eigenvalue weighted by atomic mass is 10.3. The van der Waals surface area contributed by atoms with Gasteiger partial charge in [-0.2, -0.15) is 0 Å². The van der Waals surface area contributed by atoms with E-state index in [0.717, 1.165) is 25.4 Å². The Balaban J connectivity index is 1.84. The van der Waals surface area contributed by atoms with Gasteiger partial charge in [0.1, 0.15) is 6.26 Å². The zero-order valence-corrected chi connectivity index (χ0v) is 10.3. The van der Waals surface area contributed by atoms with Crippen molar-refractivity contribution in [2.75, 3.05) is 32.7 Å². The Labute approximate surface area is 109 Å². The average Bonchev–Trinajstić information content (AvgIpc) is 2.46. The van der Waals surface area contributed by atoms with Gasteiger partial charge in [0, 0.05) is 32.2 Å². The molecule has 1 aliphatic heterocycles. The van der Waals surface area contributed by atoms with Crippen LogP contribution in [0.2, 0.25) is 0 Å². The van der Waals surface area contributed by atoms with Gasteiger partial charge in [0.25, 0.3) is 5.91 Å². The summed E-state index contributed by atoms with van der Waals surface area (Å²) in [4.78, 5) is 35.9. The van der Waals surface area contributed by atoms with Gasteiger partial charge in [-0.1, -0.05) is 0 Å². The molecule has 0 unspecified atom stereocenters. The van der Waals surface area contributed by atoms with Crippen molar-refractivity contribution in [3.63, 3.8) is 0 Å². The van der Waals surface area contributed by atoms with Crippen LogP contribution in [0.25, 0.3) is 0 Å². The fourth-order valence-corrected chi connectivity index (χ4v) is 1.77. The van der Waals surface area contributed by atoms with Crippen LogP contribution in [-0.2, 0) is 4.79 Å². The molecule has 2 heterocycles. The van der Waals surface area contributed by atoms with E-state index < -0.39 is 11.5 Å². The molecule has 1 saturated heterocycles. The van der Waals surface area contributed by atoms with Gasteiger partial charge in [-0.15, -0.1) is 0 Å². The second kappa shape index (κ2) is 6.14. The van der Waals surface area contributed by atoms with Crippen molar-refractivity contribution in [3.8, 4) is 0 Å². The van der Waals surface area contributed by atoms with Crippen LogP contribution < -0.4 is 16.3 Å². The van der Waals surface area contributed by atoms with E-state index in [1.165, 1.54) is 6.07 Å². The first-order valence-electron chi connectivity index (χ1n) is 6.02. The predicted octanol–water partition coefficient (Wildman–Crippen LogP) is -1.20. The molecule has 0 spiro atoms. The molecule has 0 aromatic carbocycles. The van der Waals surface area contributed by atoms with Crippen molar-refractivity contribution in [2.45, 2.75) is 0 Å². The van der Waals surface area contributed by atoms with Crippen LogP contribution in [0.3, 0.4) is 0 Å². The summed E-state index contributed by atoms with van der Waals surface area (Å²) in [5.41, 5.74) is -0.304. The number of amides is 2. The molecule has 2 amide bonds. The number of hydrogen-bond donors (Lipinski definition) is 2. The molecule has 0 aliphatic carbocycles. The van der Waals surface area contributed by atoms with E-state index in [9.17, 15) is 14.4 Å². The fourth-order valence-electron chi connectivity index (χ4n) is 1.77. The van der Waals surface area contributed by atoms with Crippen LogP contribution in [0.1, 0.15) is 10.4 Å². The van der Waals surface area contributed by atoms with E-state index >= 15 is 0 Å². The minimum atomic E-state index is -0.520. The Morgan fingerprint density at radius 3 is 2.68 bits per heavy atom. The summed E-state index contributed by atoms with van der Waals surface area (Å²) in [5, 5.41) is 5.65. The maximum atomic E-state index is 11.8. The Bertz CT molecular complexity index is 499. The van der Waals surface area contributed by atoms with Gasteiger partial charge >= 0.3 is 5.63 Å². The van der Waals surface area contributed by atoms with E-state index in [0.29, 0.717) is 13.1 Å². The Morgan fingerprint density at radius 2 is 2.05 bits per heavy atom. The lowest BCUT2D eigenvalue weighted by Crippen LogP contribution is -2.49. The van der Waals surface area contributed by atoms with Crippen molar-refractivity contribution in [3.05, 3.63) is 34.4 Å². The molecule has 0 bridgehead atoms. The lowest BCUT2D eigenvalue weighted by molar-refractivity contribution is -0.130. The van der Waals surface area contributed by atoms with Gasteiger partial charge < -0.3 is 20.0 Å². The minimum absolute atomic E-state index is 0.0576. The van der Waals surface area contributed by atoms with Crippen LogP contribution in [0, 0.1) is 0 Å². The molecule has 2 rings (SSSR count). The van der Waals surface area contributed by atoms with Gasteiger partial charge in [0.05, 0.1) is 12.1 Å². The molecule has 0 radical (unpaired) electrons. The Morgan fingerprint density at radius 1 is 1.32 bits per heavy atom. The zero-order valence-electron chi connectivity index (χ0n) is 10.3. The van der Waals surface area contributed by atoms with Gasteiger partial charge in [0.15, 0.2) is 0 Å². The highest BCUT2D eigenvalue weighted by Crippen LogP contribution is 1.96. The molecule has 0 saturated carbocycles. The zero-order chi connectivity index (χ0) is 13.7. The number of carbonyl (C=O) groups excluding carboxylic acids is 2. The van der Waals surface area contributed by atoms with Crippen LogP contribution in [0.4, 0.5) is 0 Å². The molecule has 19 heavy (non-hydrogen) atoms. The first kappa shape index (κ1) is 13.3. The lowest BCUT2D eigenvalue weighted by Gasteiger charge is -2.27. The van der Waals surface area contributed by atoms with E-state index in [1.807, 2.05) is 0 Å². The highest BCUT2D eigenvalue weighted by atomic mass is 16.4. The number of carbonyl (C=O) groups is 2. The molecule has 1 aromatic rings. The van der Waals surface area contributed by atoms with E-state index in [1.54, 1.807) is 4.90 Å².